The molecule has 2 aliphatic heterocycles. The fraction of sp³-hybridized carbons (Fsp3) is 0.500. The van der Waals surface area contributed by atoms with Crippen molar-refractivity contribution in [3.05, 3.63) is 23.8 Å². The summed E-state index contributed by atoms with van der Waals surface area (Å²) in [5, 5.41) is 3.34. The molecule has 2 aliphatic rings. The van der Waals surface area contributed by atoms with Crippen molar-refractivity contribution >= 4 is 11.5 Å². The monoisotopic (exact) mass is 245 g/mol. The van der Waals surface area contributed by atoms with E-state index in [-0.39, 0.29) is 0 Å². The molecule has 18 heavy (non-hydrogen) atoms. The highest BCUT2D eigenvalue weighted by atomic mass is 16.5. The van der Waals surface area contributed by atoms with Crippen molar-refractivity contribution in [3.63, 3.8) is 0 Å². The second-order valence-corrected chi connectivity index (χ2v) is 4.77. The van der Waals surface area contributed by atoms with Crippen molar-refractivity contribution in [1.29, 1.82) is 0 Å². The molecule has 0 unspecified atom stereocenters. The molecule has 2 heterocycles. The molecule has 0 aromatic heterocycles. The summed E-state index contributed by atoms with van der Waals surface area (Å²) in [6.45, 7) is 3.88. The van der Waals surface area contributed by atoms with Gasteiger partial charge in [-0.2, -0.15) is 0 Å². The zero-order valence-corrected chi connectivity index (χ0v) is 10.8. The third-order valence-electron chi connectivity index (χ3n) is 3.59. The number of nitrogens with one attached hydrogen (secondary N) is 1. The highest BCUT2D eigenvalue weighted by molar-refractivity contribution is 5.88. The number of rotatable bonds is 3. The Morgan fingerprint density at radius 2 is 2.39 bits per heavy atom. The number of methoxy groups -OCH3 is 1. The number of hydrogen-bond donors (Lipinski definition) is 1. The van der Waals surface area contributed by atoms with Crippen LogP contribution in [0.25, 0.3) is 0 Å². The number of hydrogen-bond acceptors (Lipinski definition) is 4. The summed E-state index contributed by atoms with van der Waals surface area (Å²) in [6, 6.07) is 6.38. The maximum absolute atomic E-state index is 5.33. The first-order valence-electron chi connectivity index (χ1n) is 6.56. The Kier molecular flexibility index (Phi) is 3.09. The maximum atomic E-state index is 5.33. The molecule has 0 fully saturated rings. The first-order chi connectivity index (χ1) is 8.86. The lowest BCUT2D eigenvalue weighted by Crippen LogP contribution is -2.38. The number of anilines is 1. The molecule has 0 saturated carbocycles. The Morgan fingerprint density at radius 3 is 3.17 bits per heavy atom. The van der Waals surface area contributed by atoms with Crippen LogP contribution in [0.5, 0.6) is 5.75 Å². The normalized spacial score (nSPS) is 18.1. The van der Waals surface area contributed by atoms with Gasteiger partial charge in [0.05, 0.1) is 20.2 Å². The minimum Gasteiger partial charge on any atom is -0.497 e. The quantitative estimate of drug-likeness (QED) is 0.875. The molecule has 4 nitrogen and oxygen atoms in total. The van der Waals surface area contributed by atoms with Gasteiger partial charge >= 0.3 is 0 Å². The average Bonchev–Trinajstić information content (AvgIpc) is 2.91. The van der Waals surface area contributed by atoms with Gasteiger partial charge in [0.15, 0.2) is 0 Å². The molecule has 96 valence electrons. The van der Waals surface area contributed by atoms with Crippen LogP contribution in [0.4, 0.5) is 5.69 Å². The van der Waals surface area contributed by atoms with Crippen molar-refractivity contribution in [3.8, 4) is 5.75 Å². The average molecular weight is 245 g/mol. The number of ether oxygens (including phenoxy) is 1. The van der Waals surface area contributed by atoms with E-state index in [9.17, 15) is 0 Å². The molecule has 0 amide bonds. The van der Waals surface area contributed by atoms with E-state index in [1.54, 1.807) is 7.11 Å². The number of nitrogens with zero attached hydrogens (tertiary/aromatic N) is 2. The van der Waals surface area contributed by atoms with Crippen LogP contribution in [0.1, 0.15) is 12.0 Å². The highest BCUT2D eigenvalue weighted by Gasteiger charge is 2.19. The summed E-state index contributed by atoms with van der Waals surface area (Å²) in [4.78, 5) is 6.88. The first kappa shape index (κ1) is 11.4. The number of amidine groups is 1. The van der Waals surface area contributed by atoms with Crippen LogP contribution in [0.3, 0.4) is 0 Å². The molecular weight excluding hydrogens is 226 g/mol. The third kappa shape index (κ3) is 2.15. The number of aliphatic imine (C=N–C) groups is 1. The third-order valence-corrected chi connectivity index (χ3v) is 3.59. The lowest BCUT2D eigenvalue weighted by Gasteiger charge is -2.31. The fourth-order valence-electron chi connectivity index (χ4n) is 2.66. The van der Waals surface area contributed by atoms with Gasteiger partial charge in [0.1, 0.15) is 11.6 Å². The second kappa shape index (κ2) is 4.88. The maximum Gasteiger partial charge on any atom is 0.120 e. The minimum atomic E-state index is 0.889. The van der Waals surface area contributed by atoms with Crippen molar-refractivity contribution in [2.75, 3.05) is 38.2 Å². The molecule has 0 aliphatic carbocycles. The van der Waals surface area contributed by atoms with E-state index in [4.69, 9.17) is 4.74 Å². The van der Waals surface area contributed by atoms with Gasteiger partial charge in [0.2, 0.25) is 0 Å². The summed E-state index contributed by atoms with van der Waals surface area (Å²) < 4.78 is 5.33. The van der Waals surface area contributed by atoms with Gasteiger partial charge < -0.3 is 15.0 Å². The summed E-state index contributed by atoms with van der Waals surface area (Å²) in [6.07, 6.45) is 2.38. The van der Waals surface area contributed by atoms with E-state index < -0.39 is 0 Å². The summed E-state index contributed by atoms with van der Waals surface area (Å²) in [7, 11) is 1.72. The van der Waals surface area contributed by atoms with Crippen LogP contribution in [0, 0.1) is 0 Å². The van der Waals surface area contributed by atoms with Crippen LogP contribution >= 0.6 is 0 Å². The SMILES string of the molecule is COc1ccc2c(c1)N(CC1=NCCN1)CCC2. The van der Waals surface area contributed by atoms with Crippen LogP contribution in [0.15, 0.2) is 23.2 Å². The van der Waals surface area contributed by atoms with Gasteiger partial charge in [-0.1, -0.05) is 6.07 Å². The Morgan fingerprint density at radius 1 is 1.44 bits per heavy atom. The largest absolute Gasteiger partial charge is 0.497 e. The Bertz CT molecular complexity index is 470. The van der Waals surface area contributed by atoms with Gasteiger partial charge in [-0.25, -0.2) is 0 Å². The second-order valence-electron chi connectivity index (χ2n) is 4.77. The smallest absolute Gasteiger partial charge is 0.120 e. The molecule has 3 rings (SSSR count). The molecule has 0 radical (unpaired) electrons. The molecule has 0 atom stereocenters. The Hall–Kier alpha value is -1.71. The Balaban J connectivity index is 1.85. The molecule has 0 saturated heterocycles. The van der Waals surface area contributed by atoms with Crippen LogP contribution < -0.4 is 15.0 Å². The van der Waals surface area contributed by atoms with E-state index in [1.165, 1.54) is 17.7 Å². The van der Waals surface area contributed by atoms with Gasteiger partial charge in [-0.05, 0) is 24.5 Å². The fourth-order valence-corrected chi connectivity index (χ4v) is 2.66. The Labute approximate surface area is 108 Å². The highest BCUT2D eigenvalue weighted by Crippen LogP contribution is 2.30. The van der Waals surface area contributed by atoms with Crippen molar-refractivity contribution in [2.24, 2.45) is 4.99 Å². The van der Waals surface area contributed by atoms with Gasteiger partial charge in [0.25, 0.3) is 0 Å². The van der Waals surface area contributed by atoms with Crippen LogP contribution in [-0.4, -0.2) is 39.1 Å². The van der Waals surface area contributed by atoms with Crippen LogP contribution in [0.2, 0.25) is 0 Å². The molecule has 1 aromatic rings. The number of benzene rings is 1. The first-order valence-corrected chi connectivity index (χ1v) is 6.56. The van der Waals surface area contributed by atoms with E-state index in [0.29, 0.717) is 0 Å². The van der Waals surface area contributed by atoms with E-state index >= 15 is 0 Å². The molecule has 0 bridgehead atoms. The standard InChI is InChI=1S/C14H19N3O/c1-18-12-5-4-11-3-2-8-17(13(11)9-12)10-14-15-6-7-16-14/h4-5,9H,2-3,6-8,10H2,1H3,(H,15,16). The predicted octanol–water partition coefficient (Wildman–Crippen LogP) is 1.45. The molecule has 4 heteroatoms. The van der Waals surface area contributed by atoms with E-state index in [1.807, 2.05) is 6.07 Å². The lowest BCUT2D eigenvalue weighted by atomic mass is 10.0. The van der Waals surface area contributed by atoms with Gasteiger partial charge in [-0.3, -0.25) is 4.99 Å². The molecule has 0 spiro atoms. The molecule has 1 N–H and O–H groups in total. The summed E-state index contributed by atoms with van der Waals surface area (Å²) >= 11 is 0. The van der Waals surface area contributed by atoms with Gasteiger partial charge in [0, 0.05) is 24.8 Å². The van der Waals surface area contributed by atoms with Crippen molar-refractivity contribution < 1.29 is 4.74 Å². The molecule has 1 aromatic carbocycles. The summed E-state index contributed by atoms with van der Waals surface area (Å²) in [5.41, 5.74) is 2.72. The van der Waals surface area contributed by atoms with E-state index in [2.05, 4.69) is 27.3 Å². The number of fused-ring (bicyclic) bond motifs is 1. The zero-order chi connectivity index (χ0) is 12.4. The number of aryl methyl sites for hydroxylation is 1. The lowest BCUT2D eigenvalue weighted by molar-refractivity contribution is 0.414. The molecular formula is C14H19N3O. The van der Waals surface area contributed by atoms with Crippen molar-refractivity contribution in [1.82, 2.24) is 5.32 Å². The van der Waals surface area contributed by atoms with Crippen molar-refractivity contribution in [2.45, 2.75) is 12.8 Å². The zero-order valence-electron chi connectivity index (χ0n) is 10.8. The summed E-state index contributed by atoms with van der Waals surface area (Å²) in [5.74, 6) is 2.05. The van der Waals surface area contributed by atoms with Gasteiger partial charge in [-0.15, -0.1) is 0 Å². The van der Waals surface area contributed by atoms with E-state index in [0.717, 1.165) is 44.2 Å². The van der Waals surface area contributed by atoms with Crippen LogP contribution in [-0.2, 0) is 6.42 Å². The predicted molar refractivity (Wildman–Crippen MR) is 73.8 cm³/mol. The topological polar surface area (TPSA) is 36.9 Å². The minimum absolute atomic E-state index is 0.889.